The molecule has 3 aliphatic rings. The number of allylic oxidation sites excluding steroid dienone is 1. The van der Waals surface area contributed by atoms with Crippen LogP contribution in [-0.2, 0) is 4.79 Å². The van der Waals surface area contributed by atoms with Gasteiger partial charge in [-0.2, -0.15) is 0 Å². The van der Waals surface area contributed by atoms with E-state index in [1.165, 1.54) is 0 Å². The second-order valence-electron chi connectivity index (χ2n) is 2.43. The van der Waals surface area contributed by atoms with Crippen molar-refractivity contribution in [1.29, 1.82) is 0 Å². The van der Waals surface area contributed by atoms with Gasteiger partial charge in [0, 0.05) is 6.20 Å². The van der Waals surface area contributed by atoms with E-state index in [4.69, 9.17) is 0 Å². The zero-order valence-corrected chi connectivity index (χ0v) is 5.24. The molecule has 0 N–H and O–H groups in total. The van der Waals surface area contributed by atoms with Crippen LogP contribution in [0.25, 0.3) is 0 Å². The summed E-state index contributed by atoms with van der Waals surface area (Å²) in [5, 5.41) is 0. The molecule has 3 heterocycles. The van der Waals surface area contributed by atoms with Crippen LogP contribution in [0.15, 0.2) is 11.9 Å². The Morgan fingerprint density at radius 2 is 2.67 bits per heavy atom. The third kappa shape index (κ3) is 0.399. The van der Waals surface area contributed by atoms with E-state index in [1.54, 1.807) is 0 Å². The smallest absolute Gasteiger partial charge is 0.167 e. The van der Waals surface area contributed by atoms with Gasteiger partial charge < -0.3 is 9.80 Å². The first kappa shape index (κ1) is 4.85. The topological polar surface area (TPSA) is 23.6 Å². The maximum atomic E-state index is 10.3. The lowest BCUT2D eigenvalue weighted by molar-refractivity contribution is -0.107. The lowest BCUT2D eigenvalue weighted by Gasteiger charge is -2.42. The van der Waals surface area contributed by atoms with Crippen molar-refractivity contribution >= 4 is 6.29 Å². The number of carbonyl (C=O) groups is 1. The lowest BCUT2D eigenvalue weighted by atomic mass is 10.4. The van der Waals surface area contributed by atoms with Crippen molar-refractivity contribution in [3.63, 3.8) is 0 Å². The molecule has 2 bridgehead atoms. The maximum Gasteiger partial charge on any atom is 0.167 e. The van der Waals surface area contributed by atoms with E-state index >= 15 is 0 Å². The molecule has 0 saturated carbocycles. The molecule has 0 spiro atoms. The maximum absolute atomic E-state index is 10.3. The predicted octanol–water partition coefficient (Wildman–Crippen LogP) is -0.0386. The highest BCUT2D eigenvalue weighted by molar-refractivity contribution is 5.73. The van der Waals surface area contributed by atoms with Crippen molar-refractivity contribution in [2.45, 2.75) is 13.1 Å². The third-order valence-electron chi connectivity index (χ3n) is 2.00. The Morgan fingerprint density at radius 3 is 2.89 bits per heavy atom. The average molecular weight is 124 g/mol. The van der Waals surface area contributed by atoms with Gasteiger partial charge in [0.2, 0.25) is 0 Å². The molecule has 1 fully saturated rings. The molecule has 9 heavy (non-hydrogen) atoms. The van der Waals surface area contributed by atoms with Crippen LogP contribution < -0.4 is 0 Å². The molecule has 1 atom stereocenters. The Bertz CT molecular complexity index is 187. The lowest BCUT2D eigenvalue weighted by Crippen LogP contribution is -2.53. The fraction of sp³-hybridized carbons (Fsp3) is 0.500. The van der Waals surface area contributed by atoms with Gasteiger partial charge in [0.05, 0.1) is 12.4 Å². The van der Waals surface area contributed by atoms with E-state index in [0.717, 1.165) is 18.7 Å². The van der Waals surface area contributed by atoms with Crippen molar-refractivity contribution in [2.75, 3.05) is 6.67 Å². The SMILES string of the molecule is CC1N2C=C(C=O)N1C2. The highest BCUT2D eigenvalue weighted by Crippen LogP contribution is 2.30. The summed E-state index contributed by atoms with van der Waals surface area (Å²) in [6.45, 7) is 2.99. The summed E-state index contributed by atoms with van der Waals surface area (Å²) in [6, 6.07) is 0. The van der Waals surface area contributed by atoms with Gasteiger partial charge in [-0.3, -0.25) is 4.79 Å². The minimum Gasteiger partial charge on any atom is -0.338 e. The van der Waals surface area contributed by atoms with Crippen molar-refractivity contribution in [2.24, 2.45) is 0 Å². The summed E-state index contributed by atoms with van der Waals surface area (Å²) in [5.41, 5.74) is 0.822. The van der Waals surface area contributed by atoms with Gasteiger partial charge in [-0.25, -0.2) is 0 Å². The fourth-order valence-electron chi connectivity index (χ4n) is 1.28. The first-order chi connectivity index (χ1) is 4.33. The summed E-state index contributed by atoms with van der Waals surface area (Å²) in [4.78, 5) is 14.4. The monoisotopic (exact) mass is 124 g/mol. The molecule has 0 aromatic heterocycles. The van der Waals surface area contributed by atoms with Gasteiger partial charge in [0.1, 0.15) is 6.17 Å². The van der Waals surface area contributed by atoms with Gasteiger partial charge in [-0.05, 0) is 6.92 Å². The number of hydrogen-bond acceptors (Lipinski definition) is 3. The molecular weight excluding hydrogens is 116 g/mol. The Balaban J connectivity index is 2.23. The van der Waals surface area contributed by atoms with Crippen LogP contribution in [0.5, 0.6) is 0 Å². The normalized spacial score (nSPS) is 29.9. The van der Waals surface area contributed by atoms with E-state index in [1.807, 2.05) is 6.20 Å². The quantitative estimate of drug-likeness (QED) is 0.458. The number of rotatable bonds is 1. The van der Waals surface area contributed by atoms with Crippen LogP contribution in [-0.4, -0.2) is 28.9 Å². The molecule has 0 amide bonds. The molecule has 0 aliphatic carbocycles. The molecule has 3 aliphatic heterocycles. The standard InChI is InChI=1S/C6H8N2O/c1-5-7-2-6(3-9)8(5)4-7/h2-3,5H,4H2,1H3. The molecule has 1 saturated heterocycles. The zero-order valence-electron chi connectivity index (χ0n) is 5.24. The Morgan fingerprint density at radius 1 is 1.89 bits per heavy atom. The summed E-state index contributed by atoms with van der Waals surface area (Å²) < 4.78 is 0. The van der Waals surface area contributed by atoms with E-state index in [9.17, 15) is 4.79 Å². The second kappa shape index (κ2) is 1.29. The fourth-order valence-corrected chi connectivity index (χ4v) is 1.28. The minimum absolute atomic E-state index is 0.435. The zero-order chi connectivity index (χ0) is 6.43. The number of hydrogen-bond donors (Lipinski definition) is 0. The number of carbonyl (C=O) groups excluding carboxylic acids is 1. The summed E-state index contributed by atoms with van der Waals surface area (Å²) in [6.07, 6.45) is 3.24. The van der Waals surface area contributed by atoms with Crippen LogP contribution in [0.4, 0.5) is 0 Å². The Labute approximate surface area is 53.5 Å². The molecule has 0 aromatic rings. The van der Waals surface area contributed by atoms with Gasteiger partial charge in [0.15, 0.2) is 6.29 Å². The molecule has 3 heteroatoms. The Kier molecular flexibility index (Phi) is 0.695. The van der Waals surface area contributed by atoms with E-state index in [0.29, 0.717) is 6.17 Å². The molecule has 0 radical (unpaired) electrons. The van der Waals surface area contributed by atoms with Crippen molar-refractivity contribution in [3.8, 4) is 0 Å². The molecule has 48 valence electrons. The third-order valence-corrected chi connectivity index (χ3v) is 2.00. The largest absolute Gasteiger partial charge is 0.338 e. The molecular formula is C6H8N2O. The number of aldehydes is 1. The highest BCUT2D eigenvalue weighted by Gasteiger charge is 2.38. The second-order valence-corrected chi connectivity index (χ2v) is 2.43. The van der Waals surface area contributed by atoms with Crippen LogP contribution in [0.3, 0.4) is 0 Å². The molecule has 0 aromatic carbocycles. The van der Waals surface area contributed by atoms with Crippen LogP contribution in [0.1, 0.15) is 6.92 Å². The average Bonchev–Trinajstić information content (AvgIpc) is 2.40. The van der Waals surface area contributed by atoms with Gasteiger partial charge in [-0.15, -0.1) is 0 Å². The molecule has 3 rings (SSSR count). The van der Waals surface area contributed by atoms with Gasteiger partial charge >= 0.3 is 0 Å². The van der Waals surface area contributed by atoms with Gasteiger partial charge in [0.25, 0.3) is 0 Å². The van der Waals surface area contributed by atoms with Crippen molar-refractivity contribution in [1.82, 2.24) is 9.80 Å². The van der Waals surface area contributed by atoms with Crippen LogP contribution in [0.2, 0.25) is 0 Å². The molecule has 1 unspecified atom stereocenters. The molecule has 3 nitrogen and oxygen atoms in total. The van der Waals surface area contributed by atoms with Crippen LogP contribution in [0, 0.1) is 0 Å². The first-order valence-electron chi connectivity index (χ1n) is 3.02. The van der Waals surface area contributed by atoms with E-state index < -0.39 is 0 Å². The Hall–Kier alpha value is -0.990. The number of nitrogens with zero attached hydrogens (tertiary/aromatic N) is 2. The van der Waals surface area contributed by atoms with E-state index in [-0.39, 0.29) is 0 Å². The van der Waals surface area contributed by atoms with Crippen molar-refractivity contribution in [3.05, 3.63) is 11.9 Å². The van der Waals surface area contributed by atoms with E-state index in [2.05, 4.69) is 16.7 Å². The minimum atomic E-state index is 0.435. The van der Waals surface area contributed by atoms with Crippen LogP contribution >= 0.6 is 0 Å². The summed E-state index contributed by atoms with van der Waals surface area (Å²) in [7, 11) is 0. The summed E-state index contributed by atoms with van der Waals surface area (Å²) >= 11 is 0. The van der Waals surface area contributed by atoms with Gasteiger partial charge in [-0.1, -0.05) is 0 Å². The summed E-state index contributed by atoms with van der Waals surface area (Å²) in [5.74, 6) is 0. The highest BCUT2D eigenvalue weighted by atomic mass is 16.1. The van der Waals surface area contributed by atoms with Crippen molar-refractivity contribution < 1.29 is 4.79 Å². The predicted molar refractivity (Wildman–Crippen MR) is 32.2 cm³/mol. The first-order valence-corrected chi connectivity index (χ1v) is 3.02.